The SMILES string of the molecule is COc1nc(C=Cc2nc3n(n2)CC[C@H]3c2ccccc2)ccc1-n1cnc(C)c1. The Bertz CT molecular complexity index is 1210. The normalized spacial score (nSPS) is 15.6. The molecule has 3 aromatic heterocycles. The first kappa shape index (κ1) is 18.3. The van der Waals surface area contributed by atoms with E-state index in [1.807, 2.05) is 52.7 Å². The third kappa shape index (κ3) is 3.39. The predicted molar refractivity (Wildman–Crippen MR) is 115 cm³/mol. The van der Waals surface area contributed by atoms with Gasteiger partial charge in [-0.1, -0.05) is 30.3 Å². The Balaban J connectivity index is 1.39. The maximum atomic E-state index is 5.49. The molecule has 4 aromatic rings. The number of pyridine rings is 1. The van der Waals surface area contributed by atoms with Crippen LogP contribution in [0.3, 0.4) is 0 Å². The molecule has 150 valence electrons. The van der Waals surface area contributed by atoms with Gasteiger partial charge in [0.1, 0.15) is 11.5 Å². The number of rotatable bonds is 5. The molecule has 0 radical (unpaired) electrons. The molecule has 0 unspecified atom stereocenters. The van der Waals surface area contributed by atoms with Crippen LogP contribution in [0.1, 0.15) is 40.9 Å². The monoisotopic (exact) mass is 398 g/mol. The van der Waals surface area contributed by atoms with E-state index in [0.29, 0.717) is 17.6 Å². The summed E-state index contributed by atoms with van der Waals surface area (Å²) in [5, 5.41) is 4.64. The number of nitrogens with zero attached hydrogens (tertiary/aromatic N) is 6. The molecule has 1 aromatic carbocycles. The molecule has 0 saturated carbocycles. The number of methoxy groups -OCH3 is 1. The van der Waals surface area contributed by atoms with Crippen LogP contribution in [0.15, 0.2) is 55.0 Å². The van der Waals surface area contributed by atoms with E-state index in [0.717, 1.165) is 35.9 Å². The van der Waals surface area contributed by atoms with Crippen molar-refractivity contribution in [2.45, 2.75) is 25.8 Å². The van der Waals surface area contributed by atoms with E-state index in [2.05, 4.69) is 39.3 Å². The predicted octanol–water partition coefficient (Wildman–Crippen LogP) is 3.88. The van der Waals surface area contributed by atoms with Crippen LogP contribution in [0.4, 0.5) is 0 Å². The molecular weight excluding hydrogens is 376 g/mol. The Morgan fingerprint density at radius 2 is 1.93 bits per heavy atom. The second-order valence-electron chi connectivity index (χ2n) is 7.32. The molecule has 30 heavy (non-hydrogen) atoms. The van der Waals surface area contributed by atoms with Gasteiger partial charge in [0.25, 0.3) is 0 Å². The second kappa shape index (κ2) is 7.59. The van der Waals surface area contributed by atoms with Gasteiger partial charge >= 0.3 is 0 Å². The van der Waals surface area contributed by atoms with Crippen LogP contribution < -0.4 is 4.74 Å². The summed E-state index contributed by atoms with van der Waals surface area (Å²) in [4.78, 5) is 13.6. The minimum atomic E-state index is 0.303. The zero-order valence-electron chi connectivity index (χ0n) is 16.9. The summed E-state index contributed by atoms with van der Waals surface area (Å²) in [6.07, 6.45) is 8.54. The summed E-state index contributed by atoms with van der Waals surface area (Å²) in [6.45, 7) is 2.84. The molecule has 0 amide bonds. The third-order valence-electron chi connectivity index (χ3n) is 5.31. The fraction of sp³-hybridized carbons (Fsp3) is 0.217. The molecule has 0 bridgehead atoms. The standard InChI is InChI=1S/C23H22N6O/c1-16-14-28(15-24-16)20-10-8-18(25-23(20)30-2)9-11-21-26-22-19(12-13-29(22)27-21)17-6-4-3-5-7-17/h3-11,14-15,19H,12-13H2,1-2H3/t19-/m0/s1. The quantitative estimate of drug-likeness (QED) is 0.510. The van der Waals surface area contributed by atoms with E-state index < -0.39 is 0 Å². The van der Waals surface area contributed by atoms with Crippen molar-refractivity contribution in [1.29, 1.82) is 0 Å². The maximum Gasteiger partial charge on any atom is 0.238 e. The van der Waals surface area contributed by atoms with Crippen LogP contribution in [0.5, 0.6) is 5.88 Å². The summed E-state index contributed by atoms with van der Waals surface area (Å²) >= 11 is 0. The molecule has 0 fully saturated rings. The smallest absolute Gasteiger partial charge is 0.238 e. The molecule has 0 saturated heterocycles. The van der Waals surface area contributed by atoms with Crippen LogP contribution in [-0.2, 0) is 6.54 Å². The molecule has 7 heteroatoms. The summed E-state index contributed by atoms with van der Waals surface area (Å²) < 4.78 is 9.40. The van der Waals surface area contributed by atoms with E-state index in [1.54, 1.807) is 13.4 Å². The topological polar surface area (TPSA) is 70.7 Å². The van der Waals surface area contributed by atoms with Crippen molar-refractivity contribution in [2.24, 2.45) is 0 Å². The lowest BCUT2D eigenvalue weighted by atomic mass is 9.97. The maximum absolute atomic E-state index is 5.49. The molecule has 1 aliphatic heterocycles. The Hall–Kier alpha value is -3.74. The van der Waals surface area contributed by atoms with Gasteiger partial charge in [-0.05, 0) is 43.2 Å². The average molecular weight is 398 g/mol. The molecule has 0 N–H and O–H groups in total. The first-order chi connectivity index (χ1) is 14.7. The number of aromatic nitrogens is 6. The average Bonchev–Trinajstić information content (AvgIpc) is 3.48. The summed E-state index contributed by atoms with van der Waals surface area (Å²) in [6, 6.07) is 14.4. The van der Waals surface area contributed by atoms with Crippen LogP contribution in [0.25, 0.3) is 17.8 Å². The Labute approximate surface area is 174 Å². The fourth-order valence-electron chi connectivity index (χ4n) is 3.85. The van der Waals surface area contributed by atoms with E-state index in [9.17, 15) is 0 Å². The number of hydrogen-bond donors (Lipinski definition) is 0. The lowest BCUT2D eigenvalue weighted by Gasteiger charge is -2.08. The minimum Gasteiger partial charge on any atom is -0.479 e. The number of ether oxygens (including phenoxy) is 1. The van der Waals surface area contributed by atoms with Gasteiger partial charge in [-0.15, -0.1) is 0 Å². The summed E-state index contributed by atoms with van der Waals surface area (Å²) in [5.74, 6) is 2.56. The Kier molecular flexibility index (Phi) is 4.63. The lowest BCUT2D eigenvalue weighted by molar-refractivity contribution is 0.395. The highest BCUT2D eigenvalue weighted by atomic mass is 16.5. The van der Waals surface area contributed by atoms with Crippen molar-refractivity contribution < 1.29 is 4.74 Å². The third-order valence-corrected chi connectivity index (χ3v) is 5.31. The molecule has 1 atom stereocenters. The van der Waals surface area contributed by atoms with Crippen LogP contribution in [0, 0.1) is 6.92 Å². The van der Waals surface area contributed by atoms with Crippen molar-refractivity contribution in [3.05, 3.63) is 83.6 Å². The van der Waals surface area contributed by atoms with Gasteiger partial charge in [0.15, 0.2) is 5.82 Å². The first-order valence-electron chi connectivity index (χ1n) is 9.95. The fourth-order valence-corrected chi connectivity index (χ4v) is 3.85. The van der Waals surface area contributed by atoms with Crippen molar-refractivity contribution in [3.63, 3.8) is 0 Å². The molecular formula is C23H22N6O. The number of aryl methyl sites for hydroxylation is 2. The highest BCUT2D eigenvalue weighted by Gasteiger charge is 2.27. The Morgan fingerprint density at radius 1 is 1.07 bits per heavy atom. The van der Waals surface area contributed by atoms with Crippen LogP contribution >= 0.6 is 0 Å². The van der Waals surface area contributed by atoms with Crippen LogP contribution in [-0.4, -0.2) is 36.4 Å². The zero-order valence-corrected chi connectivity index (χ0v) is 16.9. The molecule has 4 heterocycles. The van der Waals surface area contributed by atoms with E-state index in [4.69, 9.17) is 9.72 Å². The van der Waals surface area contributed by atoms with Gasteiger partial charge in [0.2, 0.25) is 5.88 Å². The second-order valence-corrected chi connectivity index (χ2v) is 7.32. The van der Waals surface area contributed by atoms with Crippen molar-refractivity contribution in [3.8, 4) is 11.6 Å². The van der Waals surface area contributed by atoms with E-state index >= 15 is 0 Å². The van der Waals surface area contributed by atoms with Gasteiger partial charge in [0, 0.05) is 18.7 Å². The molecule has 0 aliphatic carbocycles. The van der Waals surface area contributed by atoms with Crippen LogP contribution in [0.2, 0.25) is 0 Å². The van der Waals surface area contributed by atoms with Gasteiger partial charge in [-0.25, -0.2) is 19.6 Å². The Morgan fingerprint density at radius 3 is 2.70 bits per heavy atom. The highest BCUT2D eigenvalue weighted by Crippen LogP contribution is 2.32. The van der Waals surface area contributed by atoms with Crippen molar-refractivity contribution in [2.75, 3.05) is 7.11 Å². The number of imidazole rings is 1. The zero-order chi connectivity index (χ0) is 20.5. The van der Waals surface area contributed by atoms with Gasteiger partial charge in [0.05, 0.1) is 24.8 Å². The van der Waals surface area contributed by atoms with Crippen molar-refractivity contribution >= 4 is 12.2 Å². The number of benzene rings is 1. The van der Waals surface area contributed by atoms with Gasteiger partial charge in [-0.3, -0.25) is 0 Å². The number of fused-ring (bicyclic) bond motifs is 1. The first-order valence-corrected chi connectivity index (χ1v) is 9.95. The lowest BCUT2D eigenvalue weighted by Crippen LogP contribution is -1.99. The van der Waals surface area contributed by atoms with E-state index in [-0.39, 0.29) is 0 Å². The summed E-state index contributed by atoms with van der Waals surface area (Å²) in [5.41, 5.74) is 3.85. The highest BCUT2D eigenvalue weighted by molar-refractivity contribution is 5.65. The molecule has 7 nitrogen and oxygen atoms in total. The largest absolute Gasteiger partial charge is 0.479 e. The summed E-state index contributed by atoms with van der Waals surface area (Å²) in [7, 11) is 1.62. The van der Waals surface area contributed by atoms with Crippen molar-refractivity contribution in [1.82, 2.24) is 29.3 Å². The number of hydrogen-bond acceptors (Lipinski definition) is 5. The van der Waals surface area contributed by atoms with Gasteiger partial charge in [-0.2, -0.15) is 5.10 Å². The minimum absolute atomic E-state index is 0.303. The molecule has 1 aliphatic rings. The molecule has 5 rings (SSSR count). The van der Waals surface area contributed by atoms with Gasteiger partial charge < -0.3 is 9.30 Å². The molecule has 0 spiro atoms. The van der Waals surface area contributed by atoms with E-state index in [1.165, 1.54) is 5.56 Å².